The van der Waals surface area contributed by atoms with Gasteiger partial charge in [0.25, 0.3) is 0 Å². The van der Waals surface area contributed by atoms with Crippen molar-refractivity contribution in [2.24, 2.45) is 21.8 Å². The Bertz CT molecular complexity index is 1390. The van der Waals surface area contributed by atoms with E-state index in [1.54, 1.807) is 12.1 Å². The fourth-order valence-corrected chi connectivity index (χ4v) is 5.22. The van der Waals surface area contributed by atoms with E-state index in [2.05, 4.69) is 52.7 Å². The van der Waals surface area contributed by atoms with Crippen LogP contribution in [0.4, 0.5) is 16.0 Å². The number of nitrogens with one attached hydrogen (secondary N) is 1. The quantitative estimate of drug-likeness (QED) is 0.308. The Morgan fingerprint density at radius 1 is 1.23 bits per heavy atom. The van der Waals surface area contributed by atoms with Crippen molar-refractivity contribution in [2.75, 3.05) is 39.1 Å². The standard InChI is InChI=1S/C30H40FN7O/c1-7-18(2)24(15-25(32-4)20-8-9-20)34-27-16-28(38-13-12-21(17-38)37(5)6)36-30(35-27)39-26-11-10-23-22(29(26)31)14-19(3)33-23/h10-11,14,16,18,20-21,33H,7-9,12-13,15,17H2,1-6H3. The minimum Gasteiger partial charge on any atom is -0.421 e. The highest BCUT2D eigenvalue weighted by molar-refractivity contribution is 6.07. The molecule has 2 unspecified atom stereocenters. The first-order valence-corrected chi connectivity index (χ1v) is 14.0. The van der Waals surface area contributed by atoms with Crippen LogP contribution in [0, 0.1) is 24.6 Å². The van der Waals surface area contributed by atoms with Crippen molar-refractivity contribution >= 4 is 34.0 Å². The number of benzene rings is 1. The van der Waals surface area contributed by atoms with Crippen LogP contribution >= 0.6 is 0 Å². The molecule has 9 heteroatoms. The molecule has 2 fully saturated rings. The Balaban J connectivity index is 1.52. The summed E-state index contributed by atoms with van der Waals surface area (Å²) >= 11 is 0. The van der Waals surface area contributed by atoms with Crippen molar-refractivity contribution in [3.63, 3.8) is 0 Å². The van der Waals surface area contributed by atoms with E-state index >= 15 is 4.39 Å². The molecule has 0 spiro atoms. The van der Waals surface area contributed by atoms with Crippen LogP contribution in [0.25, 0.3) is 10.9 Å². The summed E-state index contributed by atoms with van der Waals surface area (Å²) in [6, 6.07) is 7.68. The Kier molecular flexibility index (Phi) is 7.98. The molecule has 3 aromatic rings. The van der Waals surface area contributed by atoms with E-state index in [0.29, 0.717) is 23.2 Å². The lowest BCUT2D eigenvalue weighted by Gasteiger charge is -2.21. The summed E-state index contributed by atoms with van der Waals surface area (Å²) < 4.78 is 21.4. The molecule has 1 aliphatic heterocycles. The van der Waals surface area contributed by atoms with Crippen LogP contribution in [0.3, 0.4) is 0 Å². The van der Waals surface area contributed by atoms with Crippen LogP contribution < -0.4 is 9.64 Å². The van der Waals surface area contributed by atoms with Gasteiger partial charge in [-0.05, 0) is 76.7 Å². The fourth-order valence-electron chi connectivity index (χ4n) is 5.22. The predicted molar refractivity (Wildman–Crippen MR) is 157 cm³/mol. The molecule has 1 aliphatic carbocycles. The zero-order chi connectivity index (χ0) is 27.7. The monoisotopic (exact) mass is 533 g/mol. The summed E-state index contributed by atoms with van der Waals surface area (Å²) in [5.41, 5.74) is 3.89. The second kappa shape index (κ2) is 11.4. The first kappa shape index (κ1) is 27.2. The summed E-state index contributed by atoms with van der Waals surface area (Å²) in [5, 5.41) is 0.485. The molecule has 1 saturated heterocycles. The Morgan fingerprint density at radius 3 is 2.69 bits per heavy atom. The SMILES string of the molecule is CCC(C)C(CC(=NC)C1CC1)=Nc1cc(N2CCC(N(C)C)C2)nc(Oc2ccc3[nH]c(C)cc3c2F)n1. The number of aryl methyl sites for hydroxylation is 1. The lowest BCUT2D eigenvalue weighted by atomic mass is 9.96. The number of fused-ring (bicyclic) bond motifs is 1. The zero-order valence-corrected chi connectivity index (χ0v) is 24.0. The number of hydrogen-bond acceptors (Lipinski definition) is 7. The predicted octanol–water partition coefficient (Wildman–Crippen LogP) is 6.33. The van der Waals surface area contributed by atoms with Gasteiger partial charge in [0.15, 0.2) is 17.4 Å². The van der Waals surface area contributed by atoms with Gasteiger partial charge in [0.1, 0.15) is 5.82 Å². The molecule has 0 amide bonds. The third kappa shape index (κ3) is 6.13. The van der Waals surface area contributed by atoms with Crippen molar-refractivity contribution in [3.05, 3.63) is 35.8 Å². The molecule has 5 rings (SSSR count). The average Bonchev–Trinajstić information content (AvgIpc) is 3.49. The minimum absolute atomic E-state index is 0.0949. The highest BCUT2D eigenvalue weighted by Crippen LogP contribution is 2.34. The van der Waals surface area contributed by atoms with Crippen LogP contribution in [0.15, 0.2) is 34.3 Å². The van der Waals surface area contributed by atoms with E-state index in [-0.39, 0.29) is 17.7 Å². The molecule has 1 aromatic carbocycles. The van der Waals surface area contributed by atoms with Gasteiger partial charge in [0.2, 0.25) is 0 Å². The molecule has 0 radical (unpaired) electrons. The summed E-state index contributed by atoms with van der Waals surface area (Å²) in [4.78, 5) is 26.7. The minimum atomic E-state index is -0.432. The Labute approximate surface area is 230 Å². The number of H-pyrrole nitrogens is 1. The number of ether oxygens (including phenoxy) is 1. The van der Waals surface area contributed by atoms with Gasteiger partial charge in [-0.25, -0.2) is 9.38 Å². The topological polar surface area (TPSA) is 82.0 Å². The van der Waals surface area contributed by atoms with Crippen molar-refractivity contribution < 1.29 is 9.13 Å². The van der Waals surface area contributed by atoms with Gasteiger partial charge < -0.3 is 19.5 Å². The van der Waals surface area contributed by atoms with Crippen molar-refractivity contribution in [1.29, 1.82) is 0 Å². The number of hydrogen-bond donors (Lipinski definition) is 1. The molecule has 2 atom stereocenters. The first-order chi connectivity index (χ1) is 18.7. The van der Waals surface area contributed by atoms with Crippen molar-refractivity contribution in [1.82, 2.24) is 19.9 Å². The molecular formula is C30H40FN7O. The van der Waals surface area contributed by atoms with Crippen LogP contribution in [-0.2, 0) is 0 Å². The van der Waals surface area contributed by atoms with Gasteiger partial charge in [-0.2, -0.15) is 9.97 Å². The number of nitrogens with zero attached hydrogens (tertiary/aromatic N) is 6. The highest BCUT2D eigenvalue weighted by atomic mass is 19.1. The average molecular weight is 534 g/mol. The lowest BCUT2D eigenvalue weighted by molar-refractivity contribution is 0.315. The number of aromatic amines is 1. The molecule has 39 heavy (non-hydrogen) atoms. The van der Waals surface area contributed by atoms with E-state index in [4.69, 9.17) is 14.7 Å². The Hall–Kier alpha value is -3.33. The molecule has 208 valence electrons. The largest absolute Gasteiger partial charge is 0.421 e. The van der Waals surface area contributed by atoms with Gasteiger partial charge in [0, 0.05) is 66.7 Å². The second-order valence-corrected chi connectivity index (χ2v) is 11.2. The van der Waals surface area contributed by atoms with E-state index < -0.39 is 5.82 Å². The van der Waals surface area contributed by atoms with E-state index in [1.807, 2.05) is 26.1 Å². The third-order valence-electron chi connectivity index (χ3n) is 8.07. The third-order valence-corrected chi connectivity index (χ3v) is 8.07. The number of aliphatic imine (C=N–C) groups is 2. The van der Waals surface area contributed by atoms with E-state index in [9.17, 15) is 0 Å². The molecule has 1 N–H and O–H groups in total. The summed E-state index contributed by atoms with van der Waals surface area (Å²) in [7, 11) is 6.08. The van der Waals surface area contributed by atoms with Gasteiger partial charge in [0.05, 0.1) is 0 Å². The molecule has 2 aromatic heterocycles. The number of halogens is 1. The van der Waals surface area contributed by atoms with Gasteiger partial charge >= 0.3 is 6.01 Å². The van der Waals surface area contributed by atoms with E-state index in [1.165, 1.54) is 18.6 Å². The molecule has 8 nitrogen and oxygen atoms in total. The maximum Gasteiger partial charge on any atom is 0.326 e. The lowest BCUT2D eigenvalue weighted by Crippen LogP contribution is -2.31. The maximum atomic E-state index is 15.4. The van der Waals surface area contributed by atoms with Crippen LogP contribution in [0.1, 0.15) is 51.6 Å². The molecule has 2 aliphatic rings. The smallest absolute Gasteiger partial charge is 0.326 e. The summed E-state index contributed by atoms with van der Waals surface area (Å²) in [6.45, 7) is 8.00. The van der Waals surface area contributed by atoms with Crippen molar-refractivity contribution in [3.8, 4) is 11.8 Å². The normalized spacial score (nSPS) is 19.4. The second-order valence-electron chi connectivity index (χ2n) is 11.2. The van der Waals surface area contributed by atoms with Crippen LogP contribution in [0.5, 0.6) is 11.8 Å². The fraction of sp³-hybridized carbons (Fsp3) is 0.533. The zero-order valence-electron chi connectivity index (χ0n) is 24.0. The number of aromatic nitrogens is 3. The van der Waals surface area contributed by atoms with E-state index in [0.717, 1.165) is 55.1 Å². The van der Waals surface area contributed by atoms with Gasteiger partial charge in [-0.15, -0.1) is 0 Å². The summed E-state index contributed by atoms with van der Waals surface area (Å²) in [5.74, 6) is 1.80. The number of rotatable bonds is 10. The van der Waals surface area contributed by atoms with Crippen LogP contribution in [-0.4, -0.2) is 71.5 Å². The number of anilines is 1. The molecule has 1 saturated carbocycles. The Morgan fingerprint density at radius 2 is 2.03 bits per heavy atom. The van der Waals surface area contributed by atoms with Gasteiger partial charge in [-0.3, -0.25) is 4.99 Å². The highest BCUT2D eigenvalue weighted by Gasteiger charge is 2.29. The van der Waals surface area contributed by atoms with Crippen molar-refractivity contribution in [2.45, 2.75) is 58.9 Å². The van der Waals surface area contributed by atoms with Crippen LogP contribution in [0.2, 0.25) is 0 Å². The van der Waals surface area contributed by atoms with Gasteiger partial charge in [-0.1, -0.05) is 13.8 Å². The summed E-state index contributed by atoms with van der Waals surface area (Å²) in [6.07, 6.45) is 5.17. The number of likely N-dealkylation sites (N-methyl/N-ethyl adjacent to an activating group) is 1. The maximum absolute atomic E-state index is 15.4. The molecule has 3 heterocycles. The first-order valence-electron chi connectivity index (χ1n) is 14.0. The molecular weight excluding hydrogens is 493 g/mol. The molecule has 0 bridgehead atoms.